The third-order valence-electron chi connectivity index (χ3n) is 6.86. The molecule has 1 heterocycles. The van der Waals surface area contributed by atoms with Crippen LogP contribution in [-0.2, 0) is 4.79 Å². The highest BCUT2D eigenvalue weighted by Crippen LogP contribution is 2.46. The normalized spacial score (nSPS) is 39.2. The molecule has 3 aliphatic carbocycles. The van der Waals surface area contributed by atoms with Gasteiger partial charge in [0.1, 0.15) is 0 Å². The molecule has 4 fully saturated rings. The highest BCUT2D eigenvalue weighted by molar-refractivity contribution is 5.85. The van der Waals surface area contributed by atoms with Crippen LogP contribution < -0.4 is 5.73 Å². The molecule has 6 heteroatoms. The van der Waals surface area contributed by atoms with E-state index in [1.807, 2.05) is 0 Å². The Bertz CT molecular complexity index is 428. The van der Waals surface area contributed by atoms with Gasteiger partial charge in [0.2, 0.25) is 5.91 Å². The van der Waals surface area contributed by atoms with Gasteiger partial charge in [-0.1, -0.05) is 12.8 Å². The van der Waals surface area contributed by atoms with Gasteiger partial charge in [-0.05, 0) is 50.4 Å². The van der Waals surface area contributed by atoms with Crippen molar-refractivity contribution in [2.75, 3.05) is 26.2 Å². The maximum Gasteiger partial charge on any atom is 0.225 e. The van der Waals surface area contributed by atoms with Gasteiger partial charge in [-0.25, -0.2) is 0 Å². The number of piperazine rings is 1. The molecule has 140 valence electrons. The Morgan fingerprint density at radius 1 is 0.875 bits per heavy atom. The number of hydrogen-bond donors (Lipinski definition) is 1. The molecule has 0 radical (unpaired) electrons. The van der Waals surface area contributed by atoms with E-state index in [1.54, 1.807) is 0 Å². The lowest BCUT2D eigenvalue weighted by molar-refractivity contribution is -0.139. The van der Waals surface area contributed by atoms with Crippen LogP contribution in [0.15, 0.2) is 0 Å². The summed E-state index contributed by atoms with van der Waals surface area (Å²) in [5, 5.41) is 0. The van der Waals surface area contributed by atoms with Gasteiger partial charge in [0.15, 0.2) is 0 Å². The van der Waals surface area contributed by atoms with Crippen LogP contribution in [0.4, 0.5) is 0 Å². The molecule has 0 aromatic carbocycles. The van der Waals surface area contributed by atoms with Crippen LogP contribution >= 0.6 is 24.8 Å². The molecular formula is C18H33Cl2N3O. The highest BCUT2D eigenvalue weighted by Gasteiger charge is 2.43. The minimum absolute atomic E-state index is 0. The largest absolute Gasteiger partial charge is 0.340 e. The number of halogens is 2. The molecular weight excluding hydrogens is 345 g/mol. The zero-order chi connectivity index (χ0) is 15.1. The van der Waals surface area contributed by atoms with Crippen molar-refractivity contribution >= 4 is 30.7 Å². The van der Waals surface area contributed by atoms with Crippen molar-refractivity contribution in [3.63, 3.8) is 0 Å². The van der Waals surface area contributed by atoms with E-state index in [4.69, 9.17) is 5.73 Å². The summed E-state index contributed by atoms with van der Waals surface area (Å²) >= 11 is 0. The van der Waals surface area contributed by atoms with Gasteiger partial charge in [-0.15, -0.1) is 24.8 Å². The van der Waals surface area contributed by atoms with E-state index >= 15 is 0 Å². The fourth-order valence-electron chi connectivity index (χ4n) is 5.64. The van der Waals surface area contributed by atoms with Gasteiger partial charge in [-0.3, -0.25) is 9.69 Å². The summed E-state index contributed by atoms with van der Waals surface area (Å²) in [5.74, 6) is 2.57. The minimum atomic E-state index is 0. The Hall–Kier alpha value is -0.0300. The van der Waals surface area contributed by atoms with Gasteiger partial charge in [0.25, 0.3) is 0 Å². The second-order valence-electron chi connectivity index (χ2n) is 8.23. The van der Waals surface area contributed by atoms with Crippen molar-refractivity contribution in [3.8, 4) is 0 Å². The molecule has 3 saturated carbocycles. The Balaban J connectivity index is 0.00000104. The highest BCUT2D eigenvalue weighted by atomic mass is 35.5. The van der Waals surface area contributed by atoms with Crippen LogP contribution in [-0.4, -0.2) is 54.0 Å². The van der Waals surface area contributed by atoms with Crippen molar-refractivity contribution in [1.29, 1.82) is 0 Å². The van der Waals surface area contributed by atoms with Crippen molar-refractivity contribution in [2.24, 2.45) is 23.5 Å². The fraction of sp³-hybridized carbons (Fsp3) is 0.944. The summed E-state index contributed by atoms with van der Waals surface area (Å²) in [5.41, 5.74) is 6.05. The second-order valence-corrected chi connectivity index (χ2v) is 8.23. The first kappa shape index (κ1) is 20.3. The fourth-order valence-corrected chi connectivity index (χ4v) is 5.64. The number of amides is 1. The van der Waals surface area contributed by atoms with E-state index < -0.39 is 0 Å². The predicted octanol–water partition coefficient (Wildman–Crippen LogP) is 2.68. The average Bonchev–Trinajstić information content (AvgIpc) is 3.17. The zero-order valence-corrected chi connectivity index (χ0v) is 16.2. The monoisotopic (exact) mass is 377 g/mol. The lowest BCUT2D eigenvalue weighted by Crippen LogP contribution is -2.54. The number of rotatable bonds is 2. The molecule has 2 N–H and O–H groups in total. The number of nitrogens with zero attached hydrogens (tertiary/aromatic N) is 2. The van der Waals surface area contributed by atoms with E-state index in [-0.39, 0.29) is 36.8 Å². The SMILES string of the molecule is Cl.Cl.NC1CCCC(C(=O)N2CCN(C3CC4CCC3C4)CC2)C1. The van der Waals surface area contributed by atoms with Crippen LogP contribution in [0.5, 0.6) is 0 Å². The van der Waals surface area contributed by atoms with E-state index in [0.29, 0.717) is 5.91 Å². The molecule has 5 atom stereocenters. The van der Waals surface area contributed by atoms with Crippen molar-refractivity contribution in [2.45, 2.75) is 63.5 Å². The predicted molar refractivity (Wildman–Crippen MR) is 102 cm³/mol. The van der Waals surface area contributed by atoms with E-state index in [0.717, 1.165) is 69.7 Å². The molecule has 5 unspecified atom stereocenters. The first-order chi connectivity index (χ1) is 10.7. The van der Waals surface area contributed by atoms with Crippen LogP contribution in [0, 0.1) is 17.8 Å². The number of fused-ring (bicyclic) bond motifs is 2. The quantitative estimate of drug-likeness (QED) is 0.804. The first-order valence-electron chi connectivity index (χ1n) is 9.49. The third kappa shape index (κ3) is 4.03. The molecule has 1 amide bonds. The van der Waals surface area contributed by atoms with Gasteiger partial charge in [0.05, 0.1) is 0 Å². The Kier molecular flexibility index (Phi) is 7.24. The van der Waals surface area contributed by atoms with E-state index in [2.05, 4.69) is 9.80 Å². The molecule has 1 saturated heterocycles. The topological polar surface area (TPSA) is 49.6 Å². The van der Waals surface area contributed by atoms with Crippen LogP contribution in [0.1, 0.15) is 51.4 Å². The lowest BCUT2D eigenvalue weighted by atomic mass is 9.85. The smallest absolute Gasteiger partial charge is 0.225 e. The Morgan fingerprint density at radius 2 is 1.62 bits per heavy atom. The number of nitrogens with two attached hydrogens (primary N) is 1. The molecule has 1 aliphatic heterocycles. The Labute approximate surface area is 158 Å². The summed E-state index contributed by atoms with van der Waals surface area (Å²) in [4.78, 5) is 17.5. The maximum absolute atomic E-state index is 12.7. The van der Waals surface area contributed by atoms with Crippen LogP contribution in [0.25, 0.3) is 0 Å². The van der Waals surface area contributed by atoms with Gasteiger partial charge >= 0.3 is 0 Å². The molecule has 24 heavy (non-hydrogen) atoms. The van der Waals surface area contributed by atoms with E-state index in [1.165, 1.54) is 25.7 Å². The summed E-state index contributed by atoms with van der Waals surface area (Å²) in [6.45, 7) is 4.08. The van der Waals surface area contributed by atoms with Crippen molar-refractivity contribution in [1.82, 2.24) is 9.80 Å². The first-order valence-corrected chi connectivity index (χ1v) is 9.49. The van der Waals surface area contributed by atoms with Gasteiger partial charge < -0.3 is 10.6 Å². The number of carbonyl (C=O) groups excluding carboxylic acids is 1. The number of carbonyl (C=O) groups is 1. The molecule has 2 bridgehead atoms. The van der Waals surface area contributed by atoms with Gasteiger partial charge in [-0.2, -0.15) is 0 Å². The lowest BCUT2D eigenvalue weighted by Gasteiger charge is -2.42. The molecule has 0 aromatic rings. The minimum Gasteiger partial charge on any atom is -0.340 e. The van der Waals surface area contributed by atoms with Crippen LogP contribution in [0.3, 0.4) is 0 Å². The molecule has 0 spiro atoms. The average molecular weight is 378 g/mol. The second kappa shape index (κ2) is 8.57. The third-order valence-corrected chi connectivity index (χ3v) is 6.86. The van der Waals surface area contributed by atoms with Gasteiger partial charge in [0, 0.05) is 44.2 Å². The number of hydrogen-bond acceptors (Lipinski definition) is 3. The summed E-state index contributed by atoms with van der Waals surface area (Å²) < 4.78 is 0. The molecule has 4 nitrogen and oxygen atoms in total. The summed E-state index contributed by atoms with van der Waals surface area (Å²) in [6, 6.07) is 1.08. The molecule has 4 rings (SSSR count). The summed E-state index contributed by atoms with van der Waals surface area (Å²) in [7, 11) is 0. The maximum atomic E-state index is 12.7. The van der Waals surface area contributed by atoms with Crippen molar-refractivity contribution < 1.29 is 4.79 Å². The van der Waals surface area contributed by atoms with Crippen LogP contribution in [0.2, 0.25) is 0 Å². The summed E-state index contributed by atoms with van der Waals surface area (Å²) in [6.07, 6.45) is 10.0. The molecule has 0 aromatic heterocycles. The standard InChI is InChI=1S/C18H31N3O.2ClH/c19-16-3-1-2-15(12-16)18(22)21-8-6-20(7-9-21)17-11-13-4-5-14(17)10-13;;/h13-17H,1-12,19H2;2*1H. The van der Waals surface area contributed by atoms with E-state index in [9.17, 15) is 4.79 Å². The van der Waals surface area contributed by atoms with Crippen molar-refractivity contribution in [3.05, 3.63) is 0 Å². The molecule has 4 aliphatic rings. The Morgan fingerprint density at radius 3 is 2.21 bits per heavy atom. The zero-order valence-electron chi connectivity index (χ0n) is 14.6.